The molecule has 3 rings (SSSR count). The highest BCUT2D eigenvalue weighted by Crippen LogP contribution is 2.49. The smallest absolute Gasteiger partial charge is 0.463 e. The number of unbranched alkanes of at least 4 members (excludes halogenated alkanes) is 51. The number of carbonyl (C=O) groups is 4. The molecule has 704 valence electrons. The lowest BCUT2D eigenvalue weighted by Crippen LogP contribution is -2.70. The van der Waals surface area contributed by atoms with Crippen molar-refractivity contribution in [2.75, 3.05) is 26.4 Å². The van der Waals surface area contributed by atoms with Crippen molar-refractivity contribution < 1.29 is 122 Å². The molecule has 0 spiro atoms. The zero-order valence-electron chi connectivity index (χ0n) is 75.1. The molecule has 0 radical (unpaired) electrons. The molecule has 0 bridgehead atoms. The Hall–Kier alpha value is -3.05. The summed E-state index contributed by atoms with van der Waals surface area (Å²) in [4.78, 5) is 66.6. The van der Waals surface area contributed by atoms with Gasteiger partial charge in [0.1, 0.15) is 92.6 Å². The van der Waals surface area contributed by atoms with Crippen LogP contribution in [0.15, 0.2) is 24.3 Å². The van der Waals surface area contributed by atoms with Gasteiger partial charge in [0.2, 0.25) is 0 Å². The van der Waals surface area contributed by atoms with Crippen molar-refractivity contribution in [2.45, 2.75) is 524 Å². The largest absolute Gasteiger partial charge is 0.472 e. The van der Waals surface area contributed by atoms with Gasteiger partial charge in [-0.15, -0.1) is 0 Å². The van der Waals surface area contributed by atoms with Crippen LogP contribution in [0.25, 0.3) is 0 Å². The number of aliphatic hydroxyl groups excluding tert-OH is 9. The van der Waals surface area contributed by atoms with E-state index in [-0.39, 0.29) is 25.7 Å². The monoisotopic (exact) mass is 1730 g/mol. The van der Waals surface area contributed by atoms with Gasteiger partial charge in [-0.05, 0) is 77.0 Å². The van der Waals surface area contributed by atoms with Gasteiger partial charge in [-0.2, -0.15) is 0 Å². The topological polar surface area (TPSA) is 380 Å². The van der Waals surface area contributed by atoms with Gasteiger partial charge in [-0.3, -0.25) is 28.2 Å². The van der Waals surface area contributed by atoms with E-state index in [1.165, 1.54) is 173 Å². The molecule has 0 aromatic heterocycles. The minimum Gasteiger partial charge on any atom is -0.463 e. The average molecular weight is 1730 g/mol. The molecule has 3 aliphatic rings. The summed E-state index contributed by atoms with van der Waals surface area (Å²) in [6, 6.07) is 0. The lowest BCUT2D eigenvalue weighted by molar-refractivity contribution is -0.360. The van der Waals surface area contributed by atoms with Crippen LogP contribution in [0.1, 0.15) is 419 Å². The summed E-state index contributed by atoms with van der Waals surface area (Å²) in [5.41, 5.74) is 0. The van der Waals surface area contributed by atoms with Gasteiger partial charge in [0.25, 0.3) is 0 Å². The second kappa shape index (κ2) is 72.9. The fourth-order valence-electron chi connectivity index (χ4n) is 16.0. The predicted molar refractivity (Wildman–Crippen MR) is 467 cm³/mol. The maximum atomic E-state index is 14.9. The number of esters is 4. The number of ether oxygens (including phenoxy) is 8. The quantitative estimate of drug-likeness (QED) is 0.00889. The Morgan fingerprint density at radius 1 is 0.325 bits per heavy atom. The molecule has 26 heteroatoms. The van der Waals surface area contributed by atoms with Gasteiger partial charge >= 0.3 is 31.7 Å². The molecule has 2 saturated heterocycles. The van der Waals surface area contributed by atoms with Crippen molar-refractivity contribution >= 4 is 31.7 Å². The minimum absolute atomic E-state index is 0.00928. The Bertz CT molecular complexity index is 2580. The minimum atomic E-state index is -5.81. The third kappa shape index (κ3) is 52.3. The molecule has 0 aromatic rings. The van der Waals surface area contributed by atoms with Crippen LogP contribution in [0.4, 0.5) is 0 Å². The maximum absolute atomic E-state index is 14.9. The molecule has 25 nitrogen and oxygen atoms in total. The standard InChI is InChI=1S/C94H173O25P/c1-5-9-13-17-21-25-29-33-37-41-43-46-50-54-58-62-66-77(96)110-71-74(113-79(98)68-64-60-56-52-48-44-39-35-31-27-23-19-15-11-7-3)72-112-120(108,109)119-92-90(117-93-87(106)83(102)81(100)75(70-95)114-93)86(105)85(104)89(116-80(99)69-65-61-57-53-49-45-40-36-32-28-24-20-16-12-8-4)91(92)118-94-88(107)84(103)82(101)76(115-94)73-111-78(97)67-63-59-55-51-47-42-38-34-30-26-22-18-14-10-6-2/h26,28,30,32,74-76,81-95,100-107H,5-25,27,29,31,33-73H2,1-4H3,(H,108,109)/b30-26-,32-28-. The summed E-state index contributed by atoms with van der Waals surface area (Å²) in [6.07, 6.45) is 34.3. The fraction of sp³-hybridized carbons (Fsp3) is 0.915. The van der Waals surface area contributed by atoms with E-state index in [0.29, 0.717) is 32.1 Å². The molecule has 1 aliphatic carbocycles. The molecule has 18 atom stereocenters. The predicted octanol–water partition coefficient (Wildman–Crippen LogP) is 18.5. The molecule has 10 N–H and O–H groups in total. The molecular weight excluding hydrogens is 1560 g/mol. The summed E-state index contributed by atoms with van der Waals surface area (Å²) >= 11 is 0. The van der Waals surface area contributed by atoms with E-state index >= 15 is 0 Å². The average Bonchev–Trinajstić information content (AvgIpc) is 0.753. The van der Waals surface area contributed by atoms with Crippen LogP contribution in [0, 0.1) is 0 Å². The van der Waals surface area contributed by atoms with E-state index in [0.717, 1.165) is 161 Å². The van der Waals surface area contributed by atoms with Gasteiger partial charge in [-0.25, -0.2) is 4.57 Å². The summed E-state index contributed by atoms with van der Waals surface area (Å²) in [5.74, 6) is -2.96. The van der Waals surface area contributed by atoms with E-state index in [1.54, 1.807) is 0 Å². The number of aliphatic hydroxyl groups is 9. The highest BCUT2D eigenvalue weighted by Gasteiger charge is 2.60. The zero-order valence-corrected chi connectivity index (χ0v) is 76.0. The number of rotatable bonds is 79. The second-order valence-electron chi connectivity index (χ2n) is 34.6. The first-order valence-corrected chi connectivity index (χ1v) is 50.1. The van der Waals surface area contributed by atoms with Crippen LogP contribution in [0.5, 0.6) is 0 Å². The third-order valence-corrected chi connectivity index (χ3v) is 24.7. The van der Waals surface area contributed by atoms with Crippen molar-refractivity contribution in [3.05, 3.63) is 24.3 Å². The molecule has 0 aromatic carbocycles. The molecule has 18 unspecified atom stereocenters. The number of phosphoric acid groups is 1. The number of phosphoric ester groups is 1. The van der Waals surface area contributed by atoms with Crippen molar-refractivity contribution in [3.63, 3.8) is 0 Å². The van der Waals surface area contributed by atoms with Gasteiger partial charge < -0.3 is 88.7 Å². The highest BCUT2D eigenvalue weighted by atomic mass is 31.2. The first-order chi connectivity index (χ1) is 58.2. The highest BCUT2D eigenvalue weighted by molar-refractivity contribution is 7.47. The van der Waals surface area contributed by atoms with E-state index in [4.69, 9.17) is 46.9 Å². The molecule has 0 amide bonds. The normalized spacial score (nSPS) is 24.8. The van der Waals surface area contributed by atoms with Gasteiger partial charge in [-0.1, -0.05) is 341 Å². The fourth-order valence-corrected chi connectivity index (χ4v) is 16.9. The van der Waals surface area contributed by atoms with Crippen LogP contribution in [-0.4, -0.2) is 205 Å². The van der Waals surface area contributed by atoms with Gasteiger partial charge in [0, 0.05) is 25.7 Å². The molecular formula is C94H173O25P. The molecule has 3 fully saturated rings. The summed E-state index contributed by atoms with van der Waals surface area (Å²) in [6.45, 7) is 5.61. The van der Waals surface area contributed by atoms with E-state index in [9.17, 15) is 74.6 Å². The molecule has 2 heterocycles. The Morgan fingerprint density at radius 2 is 0.625 bits per heavy atom. The number of carbonyl (C=O) groups excluding carboxylic acids is 4. The molecule has 1 saturated carbocycles. The third-order valence-electron chi connectivity index (χ3n) is 23.7. The van der Waals surface area contributed by atoms with E-state index in [2.05, 4.69) is 52.0 Å². The summed E-state index contributed by atoms with van der Waals surface area (Å²) in [7, 11) is -5.81. The van der Waals surface area contributed by atoms with Gasteiger partial charge in [0.15, 0.2) is 24.8 Å². The number of allylic oxidation sites excluding steroid dienone is 4. The van der Waals surface area contributed by atoms with Crippen molar-refractivity contribution in [1.82, 2.24) is 0 Å². The van der Waals surface area contributed by atoms with Crippen molar-refractivity contribution in [3.8, 4) is 0 Å². The lowest BCUT2D eigenvalue weighted by atomic mass is 9.84. The van der Waals surface area contributed by atoms with Crippen LogP contribution in [-0.2, 0) is 70.7 Å². The van der Waals surface area contributed by atoms with Crippen molar-refractivity contribution in [1.29, 1.82) is 0 Å². The lowest BCUT2D eigenvalue weighted by Gasteiger charge is -2.50. The van der Waals surface area contributed by atoms with Crippen LogP contribution < -0.4 is 0 Å². The van der Waals surface area contributed by atoms with Gasteiger partial charge in [0.05, 0.1) is 13.2 Å². The van der Waals surface area contributed by atoms with E-state index in [1.807, 2.05) is 0 Å². The maximum Gasteiger partial charge on any atom is 0.472 e. The zero-order chi connectivity index (χ0) is 87.5. The Kier molecular flexibility index (Phi) is 67.5. The van der Waals surface area contributed by atoms with E-state index < -0.39 is 162 Å². The van der Waals surface area contributed by atoms with Crippen LogP contribution in [0.2, 0.25) is 0 Å². The molecule has 2 aliphatic heterocycles. The van der Waals surface area contributed by atoms with Crippen molar-refractivity contribution in [2.24, 2.45) is 0 Å². The van der Waals surface area contributed by atoms with Crippen LogP contribution in [0.3, 0.4) is 0 Å². The molecule has 120 heavy (non-hydrogen) atoms. The SMILES string of the molecule is CCCCCC/C=C\CCCCCCCCCC(=O)OCC1OC(OC2C(OC(=O)CCCCCCCCC/C=C\CCCCCC)C(O)C(O)C(OC3OC(CO)C(O)C(O)C3O)C2OP(=O)(O)OCC(COC(=O)CCCCCCCCCCCCCCCCCC)OC(=O)CCCCCCCCCCCCCCCCC)C(O)C(O)C1O. The number of hydrogen-bond acceptors (Lipinski definition) is 24. The first-order valence-electron chi connectivity index (χ1n) is 48.6. The number of hydrogen-bond donors (Lipinski definition) is 10. The first kappa shape index (κ1) is 111. The Labute approximate surface area is 724 Å². The summed E-state index contributed by atoms with van der Waals surface area (Å²) in [5, 5.41) is 102. The Morgan fingerprint density at radius 3 is 1.00 bits per heavy atom. The summed E-state index contributed by atoms with van der Waals surface area (Å²) < 4.78 is 73.5. The Balaban J connectivity index is 1.90. The second-order valence-corrected chi connectivity index (χ2v) is 36.0. The van der Waals surface area contributed by atoms with Crippen LogP contribution >= 0.6 is 7.82 Å².